The molecule has 2 aromatic rings. The number of thiocarbonyl (C=S) groups is 1. The van der Waals surface area contributed by atoms with Crippen LogP contribution >= 0.6 is 35.4 Å². The smallest absolute Gasteiger partial charge is 0.173 e. The molecule has 1 aliphatic heterocycles. The summed E-state index contributed by atoms with van der Waals surface area (Å²) >= 11 is 18.2. The van der Waals surface area contributed by atoms with E-state index in [0.717, 1.165) is 42.7 Å². The van der Waals surface area contributed by atoms with Crippen LogP contribution in [0.5, 0.6) is 0 Å². The Balaban J connectivity index is 1.65. The molecule has 1 N–H and O–H groups in total. The van der Waals surface area contributed by atoms with E-state index in [9.17, 15) is 0 Å². The molecular formula is C19H22Cl2N4S. The third kappa shape index (κ3) is 4.05. The standard InChI is InChI=1S/C19H22Cl2N4S/c1-12-8-14(3)17(9-13(12)2)23-19(26)25-6-4-24(5-7-25)18-15(20)10-22-11-16(18)21/h8-11H,4-7H2,1-3H3,(H,23,26). The van der Waals surface area contributed by atoms with Crippen LogP contribution < -0.4 is 10.2 Å². The molecule has 1 aliphatic rings. The molecule has 0 aliphatic carbocycles. The molecule has 0 atom stereocenters. The summed E-state index contributed by atoms with van der Waals surface area (Å²) in [4.78, 5) is 8.39. The van der Waals surface area contributed by atoms with Crippen LogP contribution in [0.3, 0.4) is 0 Å². The third-order valence-corrected chi connectivity index (χ3v) is 5.71. The molecule has 0 unspecified atom stereocenters. The number of hydrogen-bond acceptors (Lipinski definition) is 3. The van der Waals surface area contributed by atoms with Gasteiger partial charge in [0, 0.05) is 44.3 Å². The predicted molar refractivity (Wildman–Crippen MR) is 115 cm³/mol. The van der Waals surface area contributed by atoms with Crippen molar-refractivity contribution in [3.05, 3.63) is 51.3 Å². The van der Waals surface area contributed by atoms with E-state index in [1.54, 1.807) is 12.4 Å². The molecule has 0 saturated carbocycles. The number of halogens is 2. The summed E-state index contributed by atoms with van der Waals surface area (Å²) in [5, 5.41) is 5.32. The molecule has 138 valence electrons. The average Bonchev–Trinajstić information content (AvgIpc) is 2.60. The zero-order valence-corrected chi connectivity index (χ0v) is 17.5. The molecule has 0 bridgehead atoms. The summed E-state index contributed by atoms with van der Waals surface area (Å²) in [6, 6.07) is 4.34. The summed E-state index contributed by atoms with van der Waals surface area (Å²) in [7, 11) is 0. The summed E-state index contributed by atoms with van der Waals surface area (Å²) < 4.78 is 0. The van der Waals surface area contributed by atoms with Crippen molar-refractivity contribution in [2.75, 3.05) is 36.4 Å². The van der Waals surface area contributed by atoms with Crippen LogP contribution in [0.25, 0.3) is 0 Å². The average molecular weight is 409 g/mol. The number of pyridine rings is 1. The van der Waals surface area contributed by atoms with E-state index < -0.39 is 0 Å². The molecule has 1 fully saturated rings. The minimum absolute atomic E-state index is 0.581. The van der Waals surface area contributed by atoms with Gasteiger partial charge in [0.15, 0.2) is 5.11 Å². The first kappa shape index (κ1) is 19.2. The molecule has 7 heteroatoms. The van der Waals surface area contributed by atoms with Crippen molar-refractivity contribution in [3.8, 4) is 0 Å². The third-order valence-electron chi connectivity index (χ3n) is 4.79. The fourth-order valence-electron chi connectivity index (χ4n) is 3.13. The summed E-state index contributed by atoms with van der Waals surface area (Å²) in [6.07, 6.45) is 3.26. The van der Waals surface area contributed by atoms with Gasteiger partial charge in [0.1, 0.15) is 0 Å². The van der Waals surface area contributed by atoms with Crippen molar-refractivity contribution in [1.29, 1.82) is 0 Å². The molecule has 0 radical (unpaired) electrons. The molecule has 3 rings (SSSR count). The first-order valence-corrected chi connectivity index (χ1v) is 9.71. The Hall–Kier alpha value is -1.56. The minimum atomic E-state index is 0.581. The first-order chi connectivity index (χ1) is 12.4. The van der Waals surface area contributed by atoms with Gasteiger partial charge in [-0.25, -0.2) is 0 Å². The Labute approximate surface area is 170 Å². The molecule has 1 aromatic carbocycles. The Morgan fingerprint density at radius 1 is 0.962 bits per heavy atom. The SMILES string of the molecule is Cc1cc(C)c(NC(=S)N2CCN(c3c(Cl)cncc3Cl)CC2)cc1C. The first-order valence-electron chi connectivity index (χ1n) is 8.54. The molecule has 0 amide bonds. The van der Waals surface area contributed by atoms with Gasteiger partial charge in [0.05, 0.1) is 15.7 Å². The van der Waals surface area contributed by atoms with Crippen LogP contribution in [0.2, 0.25) is 10.0 Å². The number of aryl methyl sites for hydroxylation is 3. The highest BCUT2D eigenvalue weighted by Crippen LogP contribution is 2.33. The number of piperazine rings is 1. The van der Waals surface area contributed by atoms with Gasteiger partial charge >= 0.3 is 0 Å². The van der Waals surface area contributed by atoms with Crippen molar-refractivity contribution in [2.45, 2.75) is 20.8 Å². The van der Waals surface area contributed by atoms with Crippen LogP contribution in [0.1, 0.15) is 16.7 Å². The van der Waals surface area contributed by atoms with Gasteiger partial charge in [-0.2, -0.15) is 0 Å². The highest BCUT2D eigenvalue weighted by molar-refractivity contribution is 7.80. The van der Waals surface area contributed by atoms with Crippen LogP contribution in [-0.2, 0) is 0 Å². The lowest BCUT2D eigenvalue weighted by Gasteiger charge is -2.38. The van der Waals surface area contributed by atoms with Crippen molar-refractivity contribution in [1.82, 2.24) is 9.88 Å². The topological polar surface area (TPSA) is 31.4 Å². The normalized spacial score (nSPS) is 14.5. The second kappa shape index (κ2) is 7.99. The Kier molecular flexibility index (Phi) is 5.90. The van der Waals surface area contributed by atoms with E-state index in [0.29, 0.717) is 10.0 Å². The van der Waals surface area contributed by atoms with Gasteiger partial charge in [-0.05, 0) is 55.7 Å². The highest BCUT2D eigenvalue weighted by atomic mass is 35.5. The van der Waals surface area contributed by atoms with Gasteiger partial charge in [0.25, 0.3) is 0 Å². The van der Waals surface area contributed by atoms with E-state index in [4.69, 9.17) is 35.4 Å². The minimum Gasteiger partial charge on any atom is -0.365 e. The maximum absolute atomic E-state index is 6.27. The van der Waals surface area contributed by atoms with E-state index >= 15 is 0 Å². The number of hydrogen-bond donors (Lipinski definition) is 1. The molecular weight excluding hydrogens is 387 g/mol. The van der Waals surface area contributed by atoms with E-state index in [2.05, 4.69) is 53.0 Å². The van der Waals surface area contributed by atoms with Crippen molar-refractivity contribution < 1.29 is 0 Å². The van der Waals surface area contributed by atoms with Gasteiger partial charge in [-0.15, -0.1) is 0 Å². The molecule has 26 heavy (non-hydrogen) atoms. The molecule has 2 heterocycles. The summed E-state index contributed by atoms with van der Waals surface area (Å²) in [5.74, 6) is 0. The number of anilines is 2. The van der Waals surface area contributed by atoms with E-state index in [1.807, 2.05) is 0 Å². The molecule has 1 aromatic heterocycles. The summed E-state index contributed by atoms with van der Waals surface area (Å²) in [5.41, 5.74) is 5.67. The lowest BCUT2D eigenvalue weighted by Crippen LogP contribution is -2.50. The zero-order chi connectivity index (χ0) is 18.8. The van der Waals surface area contributed by atoms with Crippen molar-refractivity contribution in [3.63, 3.8) is 0 Å². The number of rotatable bonds is 2. The van der Waals surface area contributed by atoms with Crippen LogP contribution in [0.15, 0.2) is 24.5 Å². The van der Waals surface area contributed by atoms with Gasteiger partial charge in [-0.1, -0.05) is 29.3 Å². The monoisotopic (exact) mass is 408 g/mol. The van der Waals surface area contributed by atoms with E-state index in [1.165, 1.54) is 16.7 Å². The van der Waals surface area contributed by atoms with Crippen LogP contribution in [0, 0.1) is 20.8 Å². The highest BCUT2D eigenvalue weighted by Gasteiger charge is 2.22. The van der Waals surface area contributed by atoms with Crippen LogP contribution in [0.4, 0.5) is 11.4 Å². The quantitative estimate of drug-likeness (QED) is 0.718. The summed E-state index contributed by atoms with van der Waals surface area (Å²) in [6.45, 7) is 9.57. The number of aromatic nitrogens is 1. The second-order valence-electron chi connectivity index (χ2n) is 6.61. The maximum atomic E-state index is 6.27. The molecule has 4 nitrogen and oxygen atoms in total. The van der Waals surface area contributed by atoms with Crippen molar-refractivity contribution in [2.24, 2.45) is 0 Å². The van der Waals surface area contributed by atoms with Gasteiger partial charge < -0.3 is 15.1 Å². The molecule has 0 spiro atoms. The number of nitrogens with one attached hydrogen (secondary N) is 1. The second-order valence-corrected chi connectivity index (χ2v) is 7.81. The fourth-order valence-corrected chi connectivity index (χ4v) is 4.03. The lowest BCUT2D eigenvalue weighted by molar-refractivity contribution is 0.391. The Morgan fingerprint density at radius 3 is 2.15 bits per heavy atom. The lowest BCUT2D eigenvalue weighted by atomic mass is 10.1. The largest absolute Gasteiger partial charge is 0.365 e. The van der Waals surface area contributed by atoms with Crippen LogP contribution in [-0.4, -0.2) is 41.2 Å². The van der Waals surface area contributed by atoms with Crippen molar-refractivity contribution >= 4 is 51.9 Å². The fraction of sp³-hybridized carbons (Fsp3) is 0.368. The number of nitrogens with zero attached hydrogens (tertiary/aromatic N) is 3. The van der Waals surface area contributed by atoms with Gasteiger partial charge in [0.2, 0.25) is 0 Å². The Bertz CT molecular complexity index is 812. The predicted octanol–water partition coefficient (Wildman–Crippen LogP) is 4.83. The number of benzene rings is 1. The van der Waals surface area contributed by atoms with Gasteiger partial charge in [-0.3, -0.25) is 4.98 Å². The molecule has 1 saturated heterocycles. The maximum Gasteiger partial charge on any atom is 0.173 e. The van der Waals surface area contributed by atoms with E-state index in [-0.39, 0.29) is 0 Å². The zero-order valence-electron chi connectivity index (χ0n) is 15.1. The Morgan fingerprint density at radius 2 is 1.54 bits per heavy atom.